The molecular weight excluding hydrogens is 633 g/mol. The van der Waals surface area contributed by atoms with Crippen LogP contribution >= 0.6 is 0 Å². The summed E-state index contributed by atoms with van der Waals surface area (Å²) in [5.41, 5.74) is 0.184. The molecule has 9 nitrogen and oxygen atoms in total. The minimum absolute atomic E-state index is 0.00338. The Bertz CT molecular complexity index is 2020. The van der Waals surface area contributed by atoms with Gasteiger partial charge in [-0.1, -0.05) is 12.1 Å². The summed E-state index contributed by atoms with van der Waals surface area (Å²) >= 11 is 0. The summed E-state index contributed by atoms with van der Waals surface area (Å²) in [6.45, 7) is 5.79. The van der Waals surface area contributed by atoms with Crippen molar-refractivity contribution in [1.29, 1.82) is 0 Å². The van der Waals surface area contributed by atoms with E-state index in [1.807, 2.05) is 18.4 Å². The maximum absolute atomic E-state index is 15.0. The van der Waals surface area contributed by atoms with Gasteiger partial charge < -0.3 is 20.5 Å². The summed E-state index contributed by atoms with van der Waals surface area (Å²) in [6, 6.07) is 13.7. The van der Waals surface area contributed by atoms with E-state index in [0.29, 0.717) is 29.9 Å². The molecule has 0 aliphatic heterocycles. The number of amides is 2. The number of benzene rings is 3. The highest BCUT2D eigenvalue weighted by atomic mass is 19.4. The minimum Gasteiger partial charge on any atom is -0.351 e. The fourth-order valence-corrected chi connectivity index (χ4v) is 5.55. The number of rotatable bonds is 9. The van der Waals surface area contributed by atoms with E-state index in [1.165, 1.54) is 6.07 Å². The summed E-state index contributed by atoms with van der Waals surface area (Å²) in [6.07, 6.45) is -2.86. The second-order valence-corrected chi connectivity index (χ2v) is 12.0. The fourth-order valence-electron chi connectivity index (χ4n) is 5.55. The molecule has 1 fully saturated rings. The van der Waals surface area contributed by atoms with E-state index in [4.69, 9.17) is 0 Å². The summed E-state index contributed by atoms with van der Waals surface area (Å²) in [5.74, 6) is -1.66. The van der Waals surface area contributed by atoms with Gasteiger partial charge in [0.2, 0.25) is 17.8 Å². The van der Waals surface area contributed by atoms with E-state index in [-0.39, 0.29) is 41.0 Å². The van der Waals surface area contributed by atoms with Crippen molar-refractivity contribution in [2.75, 3.05) is 10.6 Å². The number of hydrogen-bond donors (Lipinski definition) is 3. The van der Waals surface area contributed by atoms with Crippen molar-refractivity contribution in [1.82, 2.24) is 24.8 Å². The molecular formula is C34H30F5N7O2. The van der Waals surface area contributed by atoms with Crippen molar-refractivity contribution in [3.8, 4) is 11.3 Å². The second-order valence-electron chi connectivity index (χ2n) is 12.0. The molecule has 3 aromatic carbocycles. The first-order chi connectivity index (χ1) is 22.7. The van der Waals surface area contributed by atoms with Crippen molar-refractivity contribution in [2.45, 2.75) is 52.4 Å². The highest BCUT2D eigenvalue weighted by Gasteiger charge is 2.56. The summed E-state index contributed by atoms with van der Waals surface area (Å²) in [5, 5.41) is 8.29. The molecule has 0 radical (unpaired) electrons. The van der Waals surface area contributed by atoms with Crippen LogP contribution in [0.15, 0.2) is 66.9 Å². The van der Waals surface area contributed by atoms with Crippen molar-refractivity contribution >= 4 is 40.2 Å². The molecule has 1 saturated carbocycles. The number of aromatic nitrogens is 4. The van der Waals surface area contributed by atoms with E-state index in [2.05, 4.69) is 30.9 Å². The van der Waals surface area contributed by atoms with E-state index in [0.717, 1.165) is 36.0 Å². The van der Waals surface area contributed by atoms with Gasteiger partial charge in [0.05, 0.1) is 17.3 Å². The van der Waals surface area contributed by atoms with Gasteiger partial charge in [0.15, 0.2) is 11.6 Å². The lowest BCUT2D eigenvalue weighted by Crippen LogP contribution is -2.39. The third kappa shape index (κ3) is 6.42. The standard InChI is InChI=1S/C34H30F5N7O2/c1-18(2)46-19(3)42-29-25(35)14-21(15-27(29)46)28-26(36)17-41-32(45-28)44-24-8-4-20(5-9-24)16-40-30(47)33(12-13-33)31(48)43-23-10-6-22(7-11-23)34(37,38)39/h4-11,14-15,17-18H,12-13,16H2,1-3H3,(H,40,47)(H,43,48)(H,41,44,45). The molecule has 1 aliphatic rings. The van der Waals surface area contributed by atoms with Gasteiger partial charge >= 0.3 is 6.18 Å². The minimum atomic E-state index is -4.50. The maximum atomic E-state index is 15.0. The van der Waals surface area contributed by atoms with Gasteiger partial charge in [0.1, 0.15) is 22.5 Å². The average Bonchev–Trinajstić information content (AvgIpc) is 3.78. The Kier molecular flexibility index (Phi) is 8.35. The van der Waals surface area contributed by atoms with Crippen LogP contribution in [0.5, 0.6) is 0 Å². The number of carbonyl (C=O) groups is 2. The van der Waals surface area contributed by atoms with E-state index < -0.39 is 40.6 Å². The number of hydrogen-bond acceptors (Lipinski definition) is 6. The van der Waals surface area contributed by atoms with E-state index in [1.54, 1.807) is 37.3 Å². The van der Waals surface area contributed by atoms with Gasteiger partial charge in [-0.15, -0.1) is 0 Å². The average molecular weight is 664 g/mol. The molecule has 2 aromatic heterocycles. The van der Waals surface area contributed by atoms with Gasteiger partial charge in [-0.2, -0.15) is 13.2 Å². The number of nitrogens with one attached hydrogen (secondary N) is 3. The van der Waals surface area contributed by atoms with Crippen molar-refractivity contribution in [2.24, 2.45) is 5.41 Å². The molecule has 3 N–H and O–H groups in total. The SMILES string of the molecule is Cc1nc2c(F)cc(-c3nc(Nc4ccc(CNC(=O)C5(C(=O)Nc6ccc(C(F)(F)F)cc6)CC5)cc4)ncc3F)cc2n1C(C)C. The molecule has 0 atom stereocenters. The molecule has 0 spiro atoms. The number of nitrogens with zero attached hydrogens (tertiary/aromatic N) is 4. The fraction of sp³-hybridized carbons (Fsp3) is 0.265. The molecule has 0 unspecified atom stereocenters. The lowest BCUT2D eigenvalue weighted by atomic mass is 10.0. The Morgan fingerprint density at radius 2 is 1.58 bits per heavy atom. The summed E-state index contributed by atoms with van der Waals surface area (Å²) < 4.78 is 70.3. The predicted octanol–water partition coefficient (Wildman–Crippen LogP) is 7.46. The molecule has 2 amide bonds. The molecule has 14 heteroatoms. The molecule has 248 valence electrons. The predicted molar refractivity (Wildman–Crippen MR) is 169 cm³/mol. The quantitative estimate of drug-likeness (QED) is 0.112. The second kappa shape index (κ2) is 12.3. The molecule has 5 aromatic rings. The van der Waals surface area contributed by atoms with Crippen LogP contribution in [0.2, 0.25) is 0 Å². The van der Waals surface area contributed by atoms with Crippen LogP contribution in [0, 0.1) is 24.0 Å². The van der Waals surface area contributed by atoms with Crippen LogP contribution in [0.4, 0.5) is 39.3 Å². The number of aryl methyl sites for hydroxylation is 1. The molecule has 1 aliphatic carbocycles. The topological polar surface area (TPSA) is 114 Å². The molecule has 6 rings (SSSR count). The van der Waals surface area contributed by atoms with Gasteiger partial charge in [-0.3, -0.25) is 9.59 Å². The first-order valence-electron chi connectivity index (χ1n) is 15.1. The van der Waals surface area contributed by atoms with Crippen LogP contribution in [0.1, 0.15) is 49.7 Å². The van der Waals surface area contributed by atoms with Gasteiger partial charge in [-0.05, 0) is 87.7 Å². The van der Waals surface area contributed by atoms with Gasteiger partial charge in [0, 0.05) is 29.5 Å². The zero-order chi connectivity index (χ0) is 34.4. The molecule has 2 heterocycles. The normalized spacial score (nSPS) is 13.9. The zero-order valence-corrected chi connectivity index (χ0v) is 26.0. The molecule has 0 bridgehead atoms. The van der Waals surface area contributed by atoms with Crippen LogP contribution < -0.4 is 16.0 Å². The number of imidazole rings is 1. The molecule has 48 heavy (non-hydrogen) atoms. The van der Waals surface area contributed by atoms with E-state index in [9.17, 15) is 27.2 Å². The van der Waals surface area contributed by atoms with Crippen molar-refractivity contribution < 1.29 is 31.5 Å². The first kappa shape index (κ1) is 32.5. The van der Waals surface area contributed by atoms with Gasteiger partial charge in [0.25, 0.3) is 0 Å². The highest BCUT2D eigenvalue weighted by Crippen LogP contribution is 2.47. The first-order valence-corrected chi connectivity index (χ1v) is 15.1. The van der Waals surface area contributed by atoms with E-state index >= 15 is 4.39 Å². The van der Waals surface area contributed by atoms with Crippen molar-refractivity contribution in [3.63, 3.8) is 0 Å². The lowest BCUT2D eigenvalue weighted by Gasteiger charge is -2.16. The van der Waals surface area contributed by atoms with Gasteiger partial charge in [-0.25, -0.2) is 23.7 Å². The summed E-state index contributed by atoms with van der Waals surface area (Å²) in [4.78, 5) is 38.4. The van der Waals surface area contributed by atoms with Crippen LogP contribution in [0.3, 0.4) is 0 Å². The number of alkyl halides is 3. The smallest absolute Gasteiger partial charge is 0.351 e. The largest absolute Gasteiger partial charge is 0.416 e. The summed E-state index contributed by atoms with van der Waals surface area (Å²) in [7, 11) is 0. The van der Waals surface area contributed by atoms with Crippen LogP contribution in [-0.4, -0.2) is 31.3 Å². The number of halogens is 5. The number of anilines is 3. The van der Waals surface area contributed by atoms with Crippen molar-refractivity contribution in [3.05, 3.63) is 95.4 Å². The molecule has 0 saturated heterocycles. The Balaban J connectivity index is 1.09. The number of fused-ring (bicyclic) bond motifs is 1. The Morgan fingerprint density at radius 3 is 2.21 bits per heavy atom. The Hall–Kier alpha value is -5.40. The third-order valence-corrected chi connectivity index (χ3v) is 8.21. The van der Waals surface area contributed by atoms with Crippen LogP contribution in [-0.2, 0) is 22.3 Å². The highest BCUT2D eigenvalue weighted by molar-refractivity contribution is 6.13. The lowest BCUT2D eigenvalue weighted by molar-refractivity contribution is -0.137. The Morgan fingerprint density at radius 1 is 0.917 bits per heavy atom. The monoisotopic (exact) mass is 663 g/mol. The third-order valence-electron chi connectivity index (χ3n) is 8.21. The Labute approximate surface area is 271 Å². The van der Waals surface area contributed by atoms with Crippen LogP contribution in [0.25, 0.3) is 22.3 Å². The number of carbonyl (C=O) groups excluding carboxylic acids is 2. The maximum Gasteiger partial charge on any atom is 0.416 e. The zero-order valence-electron chi connectivity index (χ0n) is 26.0.